The topological polar surface area (TPSA) is 48.0 Å². The molecule has 2 aromatic heterocycles. The average Bonchev–Trinajstić information content (AvgIpc) is 3.72. The van der Waals surface area contributed by atoms with Crippen LogP contribution in [0.25, 0.3) is 77.6 Å². The average molecular weight is 664 g/mol. The molecule has 1 aliphatic rings. The van der Waals surface area contributed by atoms with Crippen LogP contribution in [0.15, 0.2) is 170 Å². The molecule has 5 heteroatoms. The lowest BCUT2D eigenvalue weighted by Gasteiger charge is -2.16. The molecule has 1 atom stereocenters. The number of benzene rings is 7. The Balaban J connectivity index is 1.19. The molecule has 5 nitrogen and oxygen atoms in total. The Morgan fingerprint density at radius 1 is 0.462 bits per heavy atom. The van der Waals surface area contributed by atoms with E-state index in [0.717, 1.165) is 39.0 Å². The second kappa shape index (κ2) is 12.0. The van der Waals surface area contributed by atoms with Crippen molar-refractivity contribution >= 4 is 27.5 Å². The van der Waals surface area contributed by atoms with Crippen molar-refractivity contribution in [1.29, 1.82) is 0 Å². The largest absolute Gasteiger partial charge is 0.309 e. The third-order valence-corrected chi connectivity index (χ3v) is 10.1. The summed E-state index contributed by atoms with van der Waals surface area (Å²) in [5, 5.41) is 2.39. The molecule has 0 spiro atoms. The second-order valence-corrected chi connectivity index (χ2v) is 13.1. The quantitative estimate of drug-likeness (QED) is 0.172. The van der Waals surface area contributed by atoms with Crippen molar-refractivity contribution in [2.24, 2.45) is 0 Å². The van der Waals surface area contributed by atoms with E-state index in [2.05, 4.69) is 100 Å². The lowest BCUT2D eigenvalue weighted by molar-refractivity contribution is 1.02. The minimum atomic E-state index is 0.0214. The molecule has 0 aliphatic heterocycles. The van der Waals surface area contributed by atoms with Crippen molar-refractivity contribution in [3.63, 3.8) is 0 Å². The lowest BCUT2D eigenvalue weighted by atomic mass is 9.89. The molecule has 0 saturated heterocycles. The molecular weight excluding hydrogens is 635 g/mol. The molecular formula is C47H29N5. The minimum Gasteiger partial charge on any atom is -0.309 e. The van der Waals surface area contributed by atoms with Crippen molar-refractivity contribution in [1.82, 2.24) is 19.5 Å². The smallest absolute Gasteiger partial charge is 0.187 e. The van der Waals surface area contributed by atoms with Gasteiger partial charge in [-0.2, -0.15) is 0 Å². The van der Waals surface area contributed by atoms with Gasteiger partial charge in [-0.25, -0.2) is 19.8 Å². The highest BCUT2D eigenvalue weighted by Crippen LogP contribution is 2.51. The number of hydrogen-bond acceptors (Lipinski definition) is 3. The maximum Gasteiger partial charge on any atom is 0.187 e. The molecule has 10 rings (SSSR count). The summed E-state index contributed by atoms with van der Waals surface area (Å²) in [5.74, 6) is 1.91. The highest BCUT2D eigenvalue weighted by atomic mass is 15.0. The van der Waals surface area contributed by atoms with E-state index in [1.54, 1.807) is 0 Å². The third kappa shape index (κ3) is 4.81. The Labute approximate surface area is 301 Å². The van der Waals surface area contributed by atoms with Crippen molar-refractivity contribution in [2.45, 2.75) is 5.92 Å². The molecule has 52 heavy (non-hydrogen) atoms. The highest BCUT2D eigenvalue weighted by Gasteiger charge is 2.31. The molecule has 2 heterocycles. The van der Waals surface area contributed by atoms with Crippen LogP contribution in [0.1, 0.15) is 22.6 Å². The van der Waals surface area contributed by atoms with Gasteiger partial charge in [0, 0.05) is 39.1 Å². The number of hydrogen-bond donors (Lipinski definition) is 0. The molecule has 0 saturated carbocycles. The van der Waals surface area contributed by atoms with Crippen molar-refractivity contribution < 1.29 is 0 Å². The van der Waals surface area contributed by atoms with E-state index in [0.29, 0.717) is 23.2 Å². The normalized spacial score (nSPS) is 13.2. The molecule has 242 valence electrons. The second-order valence-electron chi connectivity index (χ2n) is 13.1. The van der Waals surface area contributed by atoms with Crippen LogP contribution in [0.2, 0.25) is 0 Å². The molecule has 0 amide bonds. The Hall–Kier alpha value is -7.16. The van der Waals surface area contributed by atoms with Crippen LogP contribution in [0.4, 0.5) is 5.69 Å². The van der Waals surface area contributed by atoms with Gasteiger partial charge in [-0.15, -0.1) is 0 Å². The minimum absolute atomic E-state index is 0.0214. The van der Waals surface area contributed by atoms with E-state index in [-0.39, 0.29) is 5.92 Å². The zero-order valence-electron chi connectivity index (χ0n) is 28.0. The summed E-state index contributed by atoms with van der Waals surface area (Å²) in [6, 6.07) is 58.8. The summed E-state index contributed by atoms with van der Waals surface area (Å²) in [4.78, 5) is 18.7. The first-order chi connectivity index (χ1) is 25.7. The lowest BCUT2D eigenvalue weighted by Crippen LogP contribution is -2.01. The van der Waals surface area contributed by atoms with Gasteiger partial charge in [0.15, 0.2) is 23.2 Å². The third-order valence-electron chi connectivity index (χ3n) is 10.1. The number of nitrogens with zero attached hydrogens (tertiary/aromatic N) is 5. The van der Waals surface area contributed by atoms with Crippen LogP contribution < -0.4 is 0 Å². The Bertz CT molecular complexity index is 2810. The fourth-order valence-electron chi connectivity index (χ4n) is 7.80. The van der Waals surface area contributed by atoms with Gasteiger partial charge in [0.2, 0.25) is 0 Å². The van der Waals surface area contributed by atoms with Gasteiger partial charge in [-0.1, -0.05) is 140 Å². The summed E-state index contributed by atoms with van der Waals surface area (Å²) >= 11 is 0. The van der Waals surface area contributed by atoms with Crippen LogP contribution >= 0.6 is 0 Å². The summed E-state index contributed by atoms with van der Waals surface area (Å²) in [7, 11) is 0. The first kappa shape index (κ1) is 29.7. The zero-order chi connectivity index (χ0) is 34.6. The molecule has 9 aromatic rings. The van der Waals surface area contributed by atoms with Crippen molar-refractivity contribution in [2.75, 3.05) is 0 Å². The number of para-hydroxylation sites is 1. The molecule has 0 bridgehead atoms. The van der Waals surface area contributed by atoms with Gasteiger partial charge >= 0.3 is 0 Å². The molecule has 0 fully saturated rings. The maximum atomic E-state index is 7.69. The first-order valence-corrected chi connectivity index (χ1v) is 17.3. The van der Waals surface area contributed by atoms with Gasteiger partial charge in [0.25, 0.3) is 0 Å². The number of rotatable bonds is 5. The molecule has 1 unspecified atom stereocenters. The van der Waals surface area contributed by atoms with Gasteiger partial charge in [-0.3, -0.25) is 0 Å². The first-order valence-electron chi connectivity index (χ1n) is 17.3. The van der Waals surface area contributed by atoms with E-state index in [9.17, 15) is 0 Å². The van der Waals surface area contributed by atoms with E-state index in [4.69, 9.17) is 21.5 Å². The SMILES string of the molecule is [C-]#[N+]c1cccc(C2c3ccccc3-c3cc4c5ccccc5n(-c5cccc(-c6nc(-c7ccccc7)nc(-c7ccccc7)n6)c5)c4cc32)c1. The van der Waals surface area contributed by atoms with Crippen LogP contribution in [-0.4, -0.2) is 19.5 Å². The maximum absolute atomic E-state index is 7.69. The van der Waals surface area contributed by atoms with Gasteiger partial charge < -0.3 is 4.57 Å². The van der Waals surface area contributed by atoms with Crippen molar-refractivity contribution in [3.05, 3.63) is 198 Å². The van der Waals surface area contributed by atoms with Crippen molar-refractivity contribution in [3.8, 4) is 51.0 Å². The van der Waals surface area contributed by atoms with Crippen LogP contribution in [0.3, 0.4) is 0 Å². The van der Waals surface area contributed by atoms with Crippen LogP contribution in [0, 0.1) is 6.57 Å². The number of fused-ring (bicyclic) bond motifs is 6. The Kier molecular flexibility index (Phi) is 6.87. The predicted octanol–water partition coefficient (Wildman–Crippen LogP) is 11.7. The Morgan fingerprint density at radius 2 is 1.10 bits per heavy atom. The van der Waals surface area contributed by atoms with Gasteiger partial charge in [0.05, 0.1) is 17.6 Å². The summed E-state index contributed by atoms with van der Waals surface area (Å²) in [6.45, 7) is 7.69. The summed E-state index contributed by atoms with van der Waals surface area (Å²) in [6.07, 6.45) is 0. The molecule has 0 radical (unpaired) electrons. The van der Waals surface area contributed by atoms with Gasteiger partial charge in [-0.05, 0) is 58.1 Å². The molecule has 7 aromatic carbocycles. The van der Waals surface area contributed by atoms with Crippen LogP contribution in [-0.2, 0) is 0 Å². The zero-order valence-corrected chi connectivity index (χ0v) is 28.0. The predicted molar refractivity (Wildman–Crippen MR) is 210 cm³/mol. The Morgan fingerprint density at radius 3 is 1.85 bits per heavy atom. The molecule has 0 N–H and O–H groups in total. The molecule has 1 aliphatic carbocycles. The highest BCUT2D eigenvalue weighted by molar-refractivity contribution is 6.11. The van der Waals surface area contributed by atoms with E-state index in [1.165, 1.54) is 33.0 Å². The summed E-state index contributed by atoms with van der Waals surface area (Å²) < 4.78 is 2.36. The van der Waals surface area contributed by atoms with E-state index >= 15 is 0 Å². The summed E-state index contributed by atoms with van der Waals surface area (Å²) in [5.41, 5.74) is 12.8. The van der Waals surface area contributed by atoms with Crippen LogP contribution in [0.5, 0.6) is 0 Å². The monoisotopic (exact) mass is 663 g/mol. The fraction of sp³-hybridized carbons (Fsp3) is 0.0213. The van der Waals surface area contributed by atoms with E-state index < -0.39 is 0 Å². The number of aromatic nitrogens is 4. The van der Waals surface area contributed by atoms with E-state index in [1.807, 2.05) is 78.9 Å². The van der Waals surface area contributed by atoms with Gasteiger partial charge in [0.1, 0.15) is 0 Å². The fourth-order valence-corrected chi connectivity index (χ4v) is 7.80. The standard InChI is InChI=1S/C47H29N5/c1-48-34-20-12-18-32(26-34)44-38-24-9-8-22-36(38)39-28-40-37-23-10-11-25-42(37)52(43(40)29-41(39)44)35-21-13-19-33(27-35)47-50-45(30-14-4-2-5-15-30)49-46(51-47)31-16-6-3-7-17-31/h2-29,44H.